The summed E-state index contributed by atoms with van der Waals surface area (Å²) in [7, 11) is 0. The Morgan fingerprint density at radius 1 is 0.737 bits per heavy atom. The molecular formula is C14H8Br4O. The van der Waals surface area contributed by atoms with Gasteiger partial charge in [-0.05, 0) is 24.3 Å². The number of benzene rings is 2. The first-order chi connectivity index (χ1) is 9.13. The van der Waals surface area contributed by atoms with Crippen LogP contribution in [0.5, 0.6) is 0 Å². The molecule has 0 saturated heterocycles. The molecule has 0 N–H and O–H groups in total. The van der Waals surface area contributed by atoms with E-state index in [-0.39, 0.29) is 0 Å². The largest absolute Gasteiger partial charge is 0.455 e. The van der Waals surface area contributed by atoms with Crippen molar-refractivity contribution >= 4 is 85.7 Å². The summed E-state index contributed by atoms with van der Waals surface area (Å²) in [5.74, 6) is 0. The van der Waals surface area contributed by atoms with Crippen molar-refractivity contribution in [2.75, 3.05) is 0 Å². The second-order valence-electron chi connectivity index (χ2n) is 4.25. The normalized spacial score (nSPS) is 11.6. The summed E-state index contributed by atoms with van der Waals surface area (Å²) in [5.41, 5.74) is 4.21. The van der Waals surface area contributed by atoms with Gasteiger partial charge in [-0.25, -0.2) is 0 Å². The quantitative estimate of drug-likeness (QED) is 0.341. The van der Waals surface area contributed by atoms with Crippen LogP contribution in [0.1, 0.15) is 11.1 Å². The summed E-state index contributed by atoms with van der Waals surface area (Å²) < 4.78 is 8.24. The summed E-state index contributed by atoms with van der Waals surface area (Å²) in [4.78, 5) is 0. The Balaban J connectivity index is 2.52. The fraction of sp³-hybridized carbons (Fsp3) is 0.143. The molecule has 0 unspecified atom stereocenters. The highest BCUT2D eigenvalue weighted by molar-refractivity contribution is 9.11. The maximum atomic E-state index is 6.10. The summed E-state index contributed by atoms with van der Waals surface area (Å²) in [6, 6.07) is 8.39. The maximum absolute atomic E-state index is 6.10. The van der Waals surface area contributed by atoms with E-state index in [9.17, 15) is 0 Å². The van der Waals surface area contributed by atoms with Gasteiger partial charge < -0.3 is 4.42 Å². The molecule has 0 aliphatic heterocycles. The average molecular weight is 512 g/mol. The summed E-state index contributed by atoms with van der Waals surface area (Å²) in [6.07, 6.45) is 0. The van der Waals surface area contributed by atoms with Gasteiger partial charge in [0.15, 0.2) is 0 Å². The molecule has 3 aromatic rings. The Morgan fingerprint density at radius 2 is 1.16 bits per heavy atom. The van der Waals surface area contributed by atoms with Crippen molar-refractivity contribution in [3.63, 3.8) is 0 Å². The zero-order chi connectivity index (χ0) is 13.6. The number of hydrogen-bond acceptors (Lipinski definition) is 1. The Kier molecular flexibility index (Phi) is 4.09. The third kappa shape index (κ3) is 2.43. The van der Waals surface area contributed by atoms with Gasteiger partial charge in [-0.2, -0.15) is 0 Å². The van der Waals surface area contributed by atoms with Crippen molar-refractivity contribution in [3.8, 4) is 0 Å². The number of alkyl halides is 2. The number of hydrogen-bond donors (Lipinski definition) is 0. The molecule has 19 heavy (non-hydrogen) atoms. The average Bonchev–Trinajstić information content (AvgIpc) is 2.75. The van der Waals surface area contributed by atoms with Gasteiger partial charge in [0.2, 0.25) is 0 Å². The molecule has 0 spiro atoms. The van der Waals surface area contributed by atoms with Gasteiger partial charge in [-0.3, -0.25) is 0 Å². The molecule has 1 nitrogen and oxygen atoms in total. The lowest BCUT2D eigenvalue weighted by atomic mass is 10.1. The fourth-order valence-corrected chi connectivity index (χ4v) is 4.09. The zero-order valence-electron chi connectivity index (χ0n) is 9.64. The van der Waals surface area contributed by atoms with E-state index in [1.165, 1.54) is 0 Å². The lowest BCUT2D eigenvalue weighted by molar-refractivity contribution is 0.662. The molecule has 98 valence electrons. The highest BCUT2D eigenvalue weighted by Gasteiger charge is 2.14. The summed E-state index contributed by atoms with van der Waals surface area (Å²) in [5, 5.41) is 3.82. The van der Waals surface area contributed by atoms with Gasteiger partial charge >= 0.3 is 0 Å². The summed E-state index contributed by atoms with van der Waals surface area (Å²) >= 11 is 14.2. The predicted octanol–water partition coefficient (Wildman–Crippen LogP) is 6.90. The second kappa shape index (κ2) is 5.51. The van der Waals surface area contributed by atoms with E-state index in [4.69, 9.17) is 4.42 Å². The molecule has 0 amide bonds. The van der Waals surface area contributed by atoms with E-state index in [1.807, 2.05) is 0 Å². The Hall–Kier alpha value is 0.160. The third-order valence-corrected chi connectivity index (χ3v) is 5.17. The van der Waals surface area contributed by atoms with E-state index in [1.54, 1.807) is 0 Å². The van der Waals surface area contributed by atoms with E-state index >= 15 is 0 Å². The topological polar surface area (TPSA) is 13.1 Å². The SMILES string of the molecule is BrCc1cc(Br)cc2c1oc1c(CBr)cc(Br)cc12. The number of rotatable bonds is 2. The van der Waals surface area contributed by atoms with Gasteiger partial charge in [0, 0.05) is 41.5 Å². The minimum atomic E-state index is 0.771. The molecule has 3 rings (SSSR count). The highest BCUT2D eigenvalue weighted by Crippen LogP contribution is 2.38. The molecule has 0 aliphatic carbocycles. The van der Waals surface area contributed by atoms with Gasteiger partial charge in [0.25, 0.3) is 0 Å². The first kappa shape index (κ1) is 14.1. The third-order valence-electron chi connectivity index (χ3n) is 3.04. The molecule has 2 aromatic carbocycles. The Morgan fingerprint density at radius 3 is 1.53 bits per heavy atom. The number of fused-ring (bicyclic) bond motifs is 3. The van der Waals surface area contributed by atoms with E-state index in [0.717, 1.165) is 52.7 Å². The molecule has 5 heteroatoms. The minimum absolute atomic E-state index is 0.771. The van der Waals surface area contributed by atoms with Crippen LogP contribution in [0.15, 0.2) is 37.6 Å². The van der Waals surface area contributed by atoms with Crippen LogP contribution >= 0.6 is 63.7 Å². The van der Waals surface area contributed by atoms with Crippen LogP contribution in [0, 0.1) is 0 Å². The van der Waals surface area contributed by atoms with Crippen molar-refractivity contribution in [2.45, 2.75) is 10.7 Å². The van der Waals surface area contributed by atoms with Crippen LogP contribution in [0.2, 0.25) is 0 Å². The van der Waals surface area contributed by atoms with Crippen LogP contribution < -0.4 is 0 Å². The summed E-state index contributed by atoms with van der Waals surface area (Å²) in [6.45, 7) is 0. The number of halogens is 4. The van der Waals surface area contributed by atoms with Crippen LogP contribution in [0.25, 0.3) is 21.9 Å². The standard InChI is InChI=1S/C14H8Br4O/c15-5-7-1-9(17)3-11-12-4-10(18)2-8(6-16)14(12)19-13(7)11/h1-4H,5-6H2. The Labute approximate surface area is 144 Å². The molecule has 0 radical (unpaired) electrons. The van der Waals surface area contributed by atoms with Crippen LogP contribution in [-0.2, 0) is 10.7 Å². The van der Waals surface area contributed by atoms with Crippen molar-refractivity contribution in [3.05, 3.63) is 44.3 Å². The van der Waals surface area contributed by atoms with Gasteiger partial charge in [-0.1, -0.05) is 63.7 Å². The van der Waals surface area contributed by atoms with E-state index in [2.05, 4.69) is 88.0 Å². The van der Waals surface area contributed by atoms with Gasteiger partial charge in [-0.15, -0.1) is 0 Å². The van der Waals surface area contributed by atoms with Crippen LogP contribution in [-0.4, -0.2) is 0 Å². The van der Waals surface area contributed by atoms with Crippen molar-refractivity contribution in [1.82, 2.24) is 0 Å². The smallest absolute Gasteiger partial charge is 0.139 e. The lowest BCUT2D eigenvalue weighted by Gasteiger charge is -1.99. The first-order valence-corrected chi connectivity index (χ1v) is 9.42. The minimum Gasteiger partial charge on any atom is -0.455 e. The highest BCUT2D eigenvalue weighted by atomic mass is 79.9. The predicted molar refractivity (Wildman–Crippen MR) is 94.4 cm³/mol. The molecular weight excluding hydrogens is 504 g/mol. The maximum Gasteiger partial charge on any atom is 0.139 e. The molecule has 0 atom stereocenters. The fourth-order valence-electron chi connectivity index (χ4n) is 2.24. The van der Waals surface area contributed by atoms with Gasteiger partial charge in [0.05, 0.1) is 0 Å². The van der Waals surface area contributed by atoms with Crippen molar-refractivity contribution in [2.24, 2.45) is 0 Å². The van der Waals surface area contributed by atoms with Crippen LogP contribution in [0.3, 0.4) is 0 Å². The van der Waals surface area contributed by atoms with E-state index in [0.29, 0.717) is 0 Å². The van der Waals surface area contributed by atoms with Gasteiger partial charge in [0.1, 0.15) is 11.2 Å². The second-order valence-corrected chi connectivity index (χ2v) is 7.21. The molecule has 1 aromatic heterocycles. The lowest BCUT2D eigenvalue weighted by Crippen LogP contribution is -1.79. The van der Waals surface area contributed by atoms with Crippen LogP contribution in [0.4, 0.5) is 0 Å². The number of furan rings is 1. The molecule has 1 heterocycles. The zero-order valence-corrected chi connectivity index (χ0v) is 16.0. The first-order valence-electron chi connectivity index (χ1n) is 5.59. The monoisotopic (exact) mass is 508 g/mol. The molecule has 0 aliphatic rings. The van der Waals surface area contributed by atoms with Crippen molar-refractivity contribution < 1.29 is 4.42 Å². The van der Waals surface area contributed by atoms with E-state index < -0.39 is 0 Å². The molecule has 0 fully saturated rings. The molecule has 0 bridgehead atoms. The Bertz CT molecular complexity index is 712. The molecule has 0 saturated carbocycles. The van der Waals surface area contributed by atoms with Crippen molar-refractivity contribution in [1.29, 1.82) is 0 Å².